The number of fused-ring (bicyclic) bond motifs is 3. The number of carbonyl (C=O) groups is 2. The second-order valence-corrected chi connectivity index (χ2v) is 5.09. The molecule has 2 fully saturated rings. The molecule has 17 heavy (non-hydrogen) atoms. The third kappa shape index (κ3) is 1.20. The first-order valence-corrected chi connectivity index (χ1v) is 5.66. The van der Waals surface area contributed by atoms with E-state index < -0.39 is 17.6 Å². The van der Waals surface area contributed by atoms with Crippen LogP contribution in [0.4, 0.5) is 0 Å². The van der Waals surface area contributed by atoms with Crippen molar-refractivity contribution >= 4 is 18.0 Å². The molecule has 3 heterocycles. The second-order valence-electron chi connectivity index (χ2n) is 5.09. The van der Waals surface area contributed by atoms with Crippen molar-refractivity contribution in [3.05, 3.63) is 11.6 Å². The minimum Gasteiger partial charge on any atom is -0.355 e. The Balaban J connectivity index is 2.05. The molecule has 90 valence electrons. The van der Waals surface area contributed by atoms with Gasteiger partial charge in [0.15, 0.2) is 6.10 Å². The normalized spacial score (nSPS) is 43.8. The summed E-state index contributed by atoms with van der Waals surface area (Å²) in [4.78, 5) is 29.4. The lowest BCUT2D eigenvalue weighted by Gasteiger charge is -2.30. The molecule has 0 spiro atoms. The summed E-state index contributed by atoms with van der Waals surface area (Å²) in [7, 11) is 1.50. The summed E-state index contributed by atoms with van der Waals surface area (Å²) in [5.41, 5.74) is 0.373. The fourth-order valence-corrected chi connectivity index (χ4v) is 2.98. The maximum Gasteiger partial charge on any atom is 0.259 e. The Morgan fingerprint density at radius 3 is 2.82 bits per heavy atom. The highest BCUT2D eigenvalue weighted by Gasteiger charge is 2.62. The summed E-state index contributed by atoms with van der Waals surface area (Å²) in [6.07, 6.45) is 3.03. The molecule has 0 N–H and O–H groups in total. The van der Waals surface area contributed by atoms with E-state index in [2.05, 4.69) is 4.99 Å². The number of dihydropyridines is 1. The first-order chi connectivity index (χ1) is 7.94. The van der Waals surface area contributed by atoms with Gasteiger partial charge in [0.2, 0.25) is 5.91 Å². The predicted octanol–water partition coefficient (Wildman–Crippen LogP) is 0.158. The van der Waals surface area contributed by atoms with Crippen LogP contribution >= 0.6 is 0 Å². The van der Waals surface area contributed by atoms with E-state index in [1.54, 1.807) is 6.21 Å². The Labute approximate surface area is 99.1 Å². The maximum absolute atomic E-state index is 12.0. The molecule has 5 nitrogen and oxygen atoms in total. The van der Waals surface area contributed by atoms with Gasteiger partial charge < -0.3 is 4.74 Å². The molecular weight excluding hydrogens is 220 g/mol. The van der Waals surface area contributed by atoms with Crippen LogP contribution in [-0.4, -0.2) is 47.7 Å². The van der Waals surface area contributed by atoms with E-state index in [0.29, 0.717) is 0 Å². The van der Waals surface area contributed by atoms with Crippen LogP contribution in [0.15, 0.2) is 16.6 Å². The van der Waals surface area contributed by atoms with Crippen molar-refractivity contribution in [2.45, 2.75) is 31.6 Å². The molecule has 0 aromatic heterocycles. The number of likely N-dealkylation sites (tertiary alicyclic amines) is 1. The number of allylic oxidation sites excluding steroid dienone is 1. The molecule has 0 aromatic rings. The van der Waals surface area contributed by atoms with Crippen LogP contribution in [0.2, 0.25) is 0 Å². The van der Waals surface area contributed by atoms with Crippen LogP contribution in [0.25, 0.3) is 0 Å². The SMILES string of the molecule is CC1=C[C@]2(C)OC3C(=O)N(C)C(=O)C3[C@@H]2N=C1. The summed E-state index contributed by atoms with van der Waals surface area (Å²) in [6.45, 7) is 3.81. The van der Waals surface area contributed by atoms with Crippen LogP contribution < -0.4 is 0 Å². The van der Waals surface area contributed by atoms with E-state index in [0.717, 1.165) is 10.5 Å². The predicted molar refractivity (Wildman–Crippen MR) is 60.6 cm³/mol. The van der Waals surface area contributed by atoms with Gasteiger partial charge in [-0.05, 0) is 25.5 Å². The number of hydrogen-bond acceptors (Lipinski definition) is 4. The lowest BCUT2D eigenvalue weighted by molar-refractivity contribution is -0.143. The van der Waals surface area contributed by atoms with Crippen molar-refractivity contribution < 1.29 is 14.3 Å². The molecule has 2 unspecified atom stereocenters. The standard InChI is InChI=1S/C12H14N2O3/c1-6-4-12(2)9(13-5-6)7-8(17-12)11(16)14(3)10(7)15/h4-5,7-9H,1-3H3/t7?,8?,9-,12-/m0/s1. The average Bonchev–Trinajstić information content (AvgIpc) is 2.66. The van der Waals surface area contributed by atoms with E-state index >= 15 is 0 Å². The molecule has 0 radical (unpaired) electrons. The van der Waals surface area contributed by atoms with Crippen molar-refractivity contribution in [1.82, 2.24) is 4.90 Å². The number of carbonyl (C=O) groups excluding carboxylic acids is 2. The highest BCUT2D eigenvalue weighted by molar-refractivity contribution is 6.07. The molecule has 4 atom stereocenters. The van der Waals surface area contributed by atoms with E-state index in [4.69, 9.17) is 4.74 Å². The molecular formula is C12H14N2O3. The van der Waals surface area contributed by atoms with Gasteiger partial charge in [0.05, 0.1) is 12.0 Å². The van der Waals surface area contributed by atoms with Crippen LogP contribution in [0.5, 0.6) is 0 Å². The first kappa shape index (κ1) is 10.7. The Morgan fingerprint density at radius 1 is 1.41 bits per heavy atom. The summed E-state index contributed by atoms with van der Waals surface area (Å²) < 4.78 is 5.80. The number of ether oxygens (including phenoxy) is 1. The number of nitrogens with zero attached hydrogens (tertiary/aromatic N) is 2. The Hall–Kier alpha value is -1.49. The zero-order valence-corrected chi connectivity index (χ0v) is 10.0. The Morgan fingerprint density at radius 2 is 2.12 bits per heavy atom. The van der Waals surface area contributed by atoms with Gasteiger partial charge in [0.25, 0.3) is 5.91 Å². The quantitative estimate of drug-likeness (QED) is 0.561. The van der Waals surface area contributed by atoms with E-state index in [1.165, 1.54) is 7.05 Å². The molecule has 2 saturated heterocycles. The minimum absolute atomic E-state index is 0.182. The molecule has 0 bridgehead atoms. The van der Waals surface area contributed by atoms with Gasteiger partial charge in [0, 0.05) is 13.3 Å². The van der Waals surface area contributed by atoms with Crippen molar-refractivity contribution in [2.75, 3.05) is 7.05 Å². The molecule has 3 rings (SSSR count). The third-order valence-electron chi connectivity index (χ3n) is 3.78. The fraction of sp³-hybridized carbons (Fsp3) is 0.583. The minimum atomic E-state index is -0.665. The van der Waals surface area contributed by atoms with Gasteiger partial charge in [-0.3, -0.25) is 19.5 Å². The monoisotopic (exact) mass is 234 g/mol. The van der Waals surface area contributed by atoms with Crippen LogP contribution in [-0.2, 0) is 14.3 Å². The summed E-state index contributed by atoms with van der Waals surface area (Å²) in [6, 6.07) is -0.280. The summed E-state index contributed by atoms with van der Waals surface area (Å²) in [5, 5.41) is 0. The molecule has 0 aliphatic carbocycles. The summed E-state index contributed by atoms with van der Waals surface area (Å²) in [5.74, 6) is -0.895. The lowest BCUT2D eigenvalue weighted by Crippen LogP contribution is -2.42. The van der Waals surface area contributed by atoms with Gasteiger partial charge in [0.1, 0.15) is 5.60 Å². The third-order valence-corrected chi connectivity index (χ3v) is 3.78. The Kier molecular flexibility index (Phi) is 1.91. The number of aliphatic imine (C=N–C) groups is 1. The number of likely N-dealkylation sites (N-methyl/N-ethyl adjacent to an activating group) is 1. The number of rotatable bonds is 0. The first-order valence-electron chi connectivity index (χ1n) is 5.66. The van der Waals surface area contributed by atoms with Gasteiger partial charge in [-0.1, -0.05) is 0 Å². The average molecular weight is 234 g/mol. The van der Waals surface area contributed by atoms with E-state index in [9.17, 15) is 9.59 Å². The van der Waals surface area contributed by atoms with Gasteiger partial charge >= 0.3 is 0 Å². The summed E-state index contributed by atoms with van der Waals surface area (Å²) >= 11 is 0. The lowest BCUT2D eigenvalue weighted by atomic mass is 9.85. The molecule has 3 aliphatic rings. The molecule has 0 saturated carbocycles. The highest BCUT2D eigenvalue weighted by atomic mass is 16.5. The van der Waals surface area contributed by atoms with Gasteiger partial charge in [-0.15, -0.1) is 0 Å². The van der Waals surface area contributed by atoms with Gasteiger partial charge in [-0.2, -0.15) is 0 Å². The topological polar surface area (TPSA) is 59.0 Å². The number of amides is 2. The van der Waals surface area contributed by atoms with Crippen molar-refractivity contribution in [3.63, 3.8) is 0 Å². The number of hydrogen-bond donors (Lipinski definition) is 0. The van der Waals surface area contributed by atoms with E-state index in [-0.39, 0.29) is 17.9 Å². The van der Waals surface area contributed by atoms with Crippen molar-refractivity contribution in [1.29, 1.82) is 0 Å². The molecule has 3 aliphatic heterocycles. The molecule has 0 aromatic carbocycles. The number of imide groups is 1. The molecule has 2 amide bonds. The van der Waals surface area contributed by atoms with E-state index in [1.807, 2.05) is 19.9 Å². The molecule has 5 heteroatoms. The van der Waals surface area contributed by atoms with Crippen molar-refractivity contribution in [2.24, 2.45) is 10.9 Å². The second kappa shape index (κ2) is 3.04. The fourth-order valence-electron chi connectivity index (χ4n) is 2.98. The zero-order chi connectivity index (χ0) is 12.4. The van der Waals surface area contributed by atoms with Crippen LogP contribution in [0.1, 0.15) is 13.8 Å². The van der Waals surface area contributed by atoms with Crippen molar-refractivity contribution in [3.8, 4) is 0 Å². The Bertz CT molecular complexity index is 482. The zero-order valence-electron chi connectivity index (χ0n) is 10.0. The van der Waals surface area contributed by atoms with Crippen LogP contribution in [0, 0.1) is 5.92 Å². The van der Waals surface area contributed by atoms with Gasteiger partial charge in [-0.25, -0.2) is 0 Å². The largest absolute Gasteiger partial charge is 0.355 e. The smallest absolute Gasteiger partial charge is 0.259 e. The van der Waals surface area contributed by atoms with Crippen LogP contribution in [0.3, 0.4) is 0 Å². The highest BCUT2D eigenvalue weighted by Crippen LogP contribution is 2.44. The maximum atomic E-state index is 12.0.